The first kappa shape index (κ1) is 20.6. The summed E-state index contributed by atoms with van der Waals surface area (Å²) < 4.78 is 0. The molecule has 160 valence electrons. The van der Waals surface area contributed by atoms with Crippen LogP contribution in [0.25, 0.3) is 0 Å². The molecule has 1 aliphatic heterocycles. The van der Waals surface area contributed by atoms with Crippen molar-refractivity contribution >= 4 is 35.4 Å². The van der Waals surface area contributed by atoms with Gasteiger partial charge in [0.25, 0.3) is 0 Å². The van der Waals surface area contributed by atoms with Crippen LogP contribution in [0.15, 0.2) is 59.7 Å². The summed E-state index contributed by atoms with van der Waals surface area (Å²) in [6.45, 7) is 1.91. The Hall–Kier alpha value is -3.68. The fraction of sp³-hybridized carbons (Fsp3) is 0.304. The number of nitrogens with one attached hydrogen (secondary N) is 2. The molecule has 31 heavy (non-hydrogen) atoms. The van der Waals surface area contributed by atoms with Crippen LogP contribution in [-0.2, 0) is 0 Å². The molecule has 1 aromatic heterocycles. The predicted octanol–water partition coefficient (Wildman–Crippen LogP) is 4.12. The molecule has 0 amide bonds. The van der Waals surface area contributed by atoms with Gasteiger partial charge in [0, 0.05) is 38.6 Å². The van der Waals surface area contributed by atoms with Crippen molar-refractivity contribution in [3.05, 3.63) is 60.2 Å². The van der Waals surface area contributed by atoms with E-state index in [4.69, 9.17) is 0 Å². The zero-order valence-corrected chi connectivity index (χ0v) is 18.0. The molecule has 2 aromatic carbocycles. The van der Waals surface area contributed by atoms with Crippen molar-refractivity contribution in [2.75, 3.05) is 47.7 Å². The smallest absolute Gasteiger partial charge is 0.250 e. The van der Waals surface area contributed by atoms with Crippen LogP contribution < -0.4 is 20.5 Å². The maximum absolute atomic E-state index is 4.64. The Labute approximate surface area is 183 Å². The molecule has 0 radical (unpaired) electrons. The van der Waals surface area contributed by atoms with E-state index in [1.165, 1.54) is 6.42 Å². The van der Waals surface area contributed by atoms with E-state index < -0.39 is 0 Å². The lowest BCUT2D eigenvalue weighted by Crippen LogP contribution is -2.31. The fourth-order valence-electron chi connectivity index (χ4n) is 3.38. The number of hydrazone groups is 1. The minimum Gasteiger partial charge on any atom is -0.378 e. The first-order valence-electron chi connectivity index (χ1n) is 10.6. The average Bonchev–Trinajstić information content (AvgIpc) is 2.80. The van der Waals surface area contributed by atoms with Crippen LogP contribution in [-0.4, -0.2) is 48.4 Å². The molecular formula is C23H28N8. The van der Waals surface area contributed by atoms with E-state index >= 15 is 0 Å². The summed E-state index contributed by atoms with van der Waals surface area (Å²) in [6.07, 6.45) is 5.31. The number of aromatic nitrogens is 3. The summed E-state index contributed by atoms with van der Waals surface area (Å²) in [5.74, 6) is 1.58. The summed E-state index contributed by atoms with van der Waals surface area (Å²) in [7, 11) is 4.04. The van der Waals surface area contributed by atoms with Crippen molar-refractivity contribution < 1.29 is 0 Å². The Morgan fingerprint density at radius 1 is 0.871 bits per heavy atom. The van der Waals surface area contributed by atoms with Crippen LogP contribution in [0.1, 0.15) is 24.8 Å². The molecule has 1 aliphatic rings. The van der Waals surface area contributed by atoms with Crippen LogP contribution in [0.3, 0.4) is 0 Å². The first-order valence-corrected chi connectivity index (χ1v) is 10.6. The second-order valence-corrected chi connectivity index (χ2v) is 7.68. The van der Waals surface area contributed by atoms with Crippen molar-refractivity contribution in [3.8, 4) is 0 Å². The second-order valence-electron chi connectivity index (χ2n) is 7.68. The van der Waals surface area contributed by atoms with Crippen LogP contribution in [0.4, 0.5) is 29.2 Å². The molecule has 0 aliphatic carbocycles. The Kier molecular flexibility index (Phi) is 6.56. The van der Waals surface area contributed by atoms with E-state index in [9.17, 15) is 0 Å². The molecule has 1 fully saturated rings. The van der Waals surface area contributed by atoms with E-state index in [-0.39, 0.29) is 0 Å². The van der Waals surface area contributed by atoms with Gasteiger partial charge < -0.3 is 15.1 Å². The molecule has 0 unspecified atom stereocenters. The van der Waals surface area contributed by atoms with Crippen molar-refractivity contribution in [2.24, 2.45) is 5.10 Å². The van der Waals surface area contributed by atoms with Crippen molar-refractivity contribution in [1.82, 2.24) is 15.0 Å². The molecule has 0 spiro atoms. The van der Waals surface area contributed by atoms with Gasteiger partial charge in [0.1, 0.15) is 0 Å². The van der Waals surface area contributed by atoms with E-state index in [1.54, 1.807) is 6.21 Å². The number of para-hydroxylation sites is 1. The monoisotopic (exact) mass is 416 g/mol. The Balaban J connectivity index is 1.52. The van der Waals surface area contributed by atoms with Crippen molar-refractivity contribution in [2.45, 2.75) is 19.3 Å². The van der Waals surface area contributed by atoms with Crippen LogP contribution >= 0.6 is 0 Å². The number of rotatable bonds is 7. The Morgan fingerprint density at radius 3 is 2.29 bits per heavy atom. The lowest BCUT2D eigenvalue weighted by Gasteiger charge is -2.26. The van der Waals surface area contributed by atoms with E-state index in [0.717, 1.165) is 42.9 Å². The summed E-state index contributed by atoms with van der Waals surface area (Å²) in [5, 5.41) is 7.60. The SMILES string of the molecule is CN(C)c1ccc(/C=N/Nc2nc(Nc3ccccc3)nc(N3CCCCC3)n2)cc1. The fourth-order valence-corrected chi connectivity index (χ4v) is 3.38. The molecule has 2 heterocycles. The largest absolute Gasteiger partial charge is 0.378 e. The molecular weight excluding hydrogens is 388 g/mol. The second kappa shape index (κ2) is 9.88. The third-order valence-corrected chi connectivity index (χ3v) is 5.08. The highest BCUT2D eigenvalue weighted by Crippen LogP contribution is 2.20. The zero-order valence-electron chi connectivity index (χ0n) is 18.0. The maximum atomic E-state index is 4.64. The maximum Gasteiger partial charge on any atom is 0.250 e. The zero-order chi connectivity index (χ0) is 21.5. The minimum absolute atomic E-state index is 0.412. The highest BCUT2D eigenvalue weighted by atomic mass is 15.4. The van der Waals surface area contributed by atoms with Gasteiger partial charge in [0.05, 0.1) is 6.21 Å². The quantitative estimate of drug-likeness (QED) is 0.443. The molecule has 0 saturated carbocycles. The predicted molar refractivity (Wildman–Crippen MR) is 128 cm³/mol. The summed E-state index contributed by atoms with van der Waals surface area (Å²) in [5.41, 5.74) is 6.03. The van der Waals surface area contributed by atoms with Gasteiger partial charge in [-0.3, -0.25) is 0 Å². The molecule has 4 rings (SSSR count). The van der Waals surface area contributed by atoms with Crippen molar-refractivity contribution in [1.29, 1.82) is 0 Å². The molecule has 2 N–H and O–H groups in total. The average molecular weight is 417 g/mol. The number of nitrogens with zero attached hydrogens (tertiary/aromatic N) is 6. The number of benzene rings is 2. The standard InChI is InChI=1S/C23H28N8/c1-30(2)20-13-11-18(12-14-20)17-24-29-22-26-21(25-19-9-5-3-6-10-19)27-23(28-22)31-15-7-4-8-16-31/h3,5-6,9-14,17H,4,7-8,15-16H2,1-2H3,(H2,25,26,27,28,29)/b24-17+. The first-order chi connectivity index (χ1) is 15.2. The van der Waals surface area contributed by atoms with E-state index in [0.29, 0.717) is 17.8 Å². The number of anilines is 5. The van der Waals surface area contributed by atoms with E-state index in [1.807, 2.05) is 56.6 Å². The number of hydrogen-bond donors (Lipinski definition) is 2. The van der Waals surface area contributed by atoms with Crippen LogP contribution in [0.5, 0.6) is 0 Å². The summed E-state index contributed by atoms with van der Waals surface area (Å²) in [4.78, 5) is 18.0. The molecule has 3 aromatic rings. The molecule has 0 atom stereocenters. The van der Waals surface area contributed by atoms with Crippen LogP contribution in [0, 0.1) is 0 Å². The molecule has 8 heteroatoms. The van der Waals surface area contributed by atoms with Gasteiger partial charge in [-0.15, -0.1) is 0 Å². The van der Waals surface area contributed by atoms with Gasteiger partial charge in [0.15, 0.2) is 0 Å². The lowest BCUT2D eigenvalue weighted by molar-refractivity contribution is 0.568. The third kappa shape index (κ3) is 5.69. The highest BCUT2D eigenvalue weighted by molar-refractivity contribution is 5.80. The highest BCUT2D eigenvalue weighted by Gasteiger charge is 2.16. The van der Waals surface area contributed by atoms with Crippen LogP contribution in [0.2, 0.25) is 0 Å². The Bertz CT molecular complexity index is 996. The van der Waals surface area contributed by atoms with Gasteiger partial charge in [-0.05, 0) is 49.1 Å². The Morgan fingerprint density at radius 2 is 1.58 bits per heavy atom. The number of hydrogen-bond acceptors (Lipinski definition) is 8. The van der Waals surface area contributed by atoms with Gasteiger partial charge in [-0.2, -0.15) is 20.1 Å². The third-order valence-electron chi connectivity index (χ3n) is 5.08. The summed E-state index contributed by atoms with van der Waals surface area (Å²) >= 11 is 0. The van der Waals surface area contributed by atoms with Crippen molar-refractivity contribution in [3.63, 3.8) is 0 Å². The molecule has 8 nitrogen and oxygen atoms in total. The molecule has 0 bridgehead atoms. The van der Waals surface area contributed by atoms with Gasteiger partial charge in [-0.1, -0.05) is 30.3 Å². The topological polar surface area (TPSA) is 81.6 Å². The van der Waals surface area contributed by atoms with Gasteiger partial charge in [0.2, 0.25) is 17.8 Å². The minimum atomic E-state index is 0.412. The number of piperidine rings is 1. The van der Waals surface area contributed by atoms with E-state index in [2.05, 4.69) is 52.7 Å². The molecule has 1 saturated heterocycles. The lowest BCUT2D eigenvalue weighted by atomic mass is 10.1. The summed E-state index contributed by atoms with van der Waals surface area (Å²) in [6, 6.07) is 18.0. The van der Waals surface area contributed by atoms with Gasteiger partial charge in [-0.25, -0.2) is 5.43 Å². The van der Waals surface area contributed by atoms with Gasteiger partial charge >= 0.3 is 0 Å². The normalized spacial score (nSPS) is 13.9.